The third kappa shape index (κ3) is 12.4. The molecule has 0 aromatic heterocycles. The number of hydrogen-bond donors (Lipinski definition) is 1. The van der Waals surface area contributed by atoms with E-state index in [9.17, 15) is 9.59 Å². The zero-order valence-electron chi connectivity index (χ0n) is 13.6. The molecule has 0 aliphatic rings. The van der Waals surface area contributed by atoms with Crippen LogP contribution in [0.3, 0.4) is 0 Å². The molecule has 5 heteroatoms. The maximum atomic E-state index is 11.6. The molecule has 0 spiro atoms. The lowest BCUT2D eigenvalue weighted by Gasteiger charge is -2.11. The quantitative estimate of drug-likeness (QED) is 0.418. The Kier molecular flexibility index (Phi) is 13.1. The fourth-order valence-electron chi connectivity index (χ4n) is 1.85. The summed E-state index contributed by atoms with van der Waals surface area (Å²) in [5.41, 5.74) is 5.64. The van der Waals surface area contributed by atoms with Crippen molar-refractivity contribution in [3.05, 3.63) is 0 Å². The van der Waals surface area contributed by atoms with Crippen LogP contribution in [0.2, 0.25) is 0 Å². The van der Waals surface area contributed by atoms with Gasteiger partial charge in [0.1, 0.15) is 6.04 Å². The SMILES string of the molecule is CCCCCCOC(=O)C[C@@H](N)C(=O)OCCCCCC. The van der Waals surface area contributed by atoms with Crippen LogP contribution < -0.4 is 5.73 Å². The Morgan fingerprint density at radius 3 is 1.90 bits per heavy atom. The van der Waals surface area contributed by atoms with Crippen LogP contribution >= 0.6 is 0 Å². The van der Waals surface area contributed by atoms with Gasteiger partial charge in [0, 0.05) is 0 Å². The van der Waals surface area contributed by atoms with Crippen LogP contribution in [0, 0.1) is 0 Å². The lowest BCUT2D eigenvalue weighted by molar-refractivity contribution is -0.152. The van der Waals surface area contributed by atoms with Crippen molar-refractivity contribution in [1.29, 1.82) is 0 Å². The smallest absolute Gasteiger partial charge is 0.323 e. The maximum absolute atomic E-state index is 11.6. The predicted molar refractivity (Wildman–Crippen MR) is 82.8 cm³/mol. The van der Waals surface area contributed by atoms with Gasteiger partial charge in [-0.15, -0.1) is 0 Å². The van der Waals surface area contributed by atoms with Gasteiger partial charge in [-0.05, 0) is 12.8 Å². The molecule has 0 aliphatic carbocycles. The predicted octanol–water partition coefficient (Wildman–Crippen LogP) is 2.95. The number of ether oxygens (including phenoxy) is 2. The molecule has 2 N–H and O–H groups in total. The Balaban J connectivity index is 3.62. The van der Waals surface area contributed by atoms with E-state index in [1.54, 1.807) is 0 Å². The molecule has 0 bridgehead atoms. The van der Waals surface area contributed by atoms with Gasteiger partial charge in [0.05, 0.1) is 19.6 Å². The molecule has 21 heavy (non-hydrogen) atoms. The van der Waals surface area contributed by atoms with Crippen LogP contribution in [0.5, 0.6) is 0 Å². The van der Waals surface area contributed by atoms with Crippen molar-refractivity contribution in [2.24, 2.45) is 5.73 Å². The minimum absolute atomic E-state index is 0.110. The molecule has 124 valence electrons. The Morgan fingerprint density at radius 1 is 0.857 bits per heavy atom. The van der Waals surface area contributed by atoms with E-state index >= 15 is 0 Å². The molecule has 0 fully saturated rings. The molecule has 0 aliphatic heterocycles. The van der Waals surface area contributed by atoms with Crippen molar-refractivity contribution in [3.63, 3.8) is 0 Å². The summed E-state index contributed by atoms with van der Waals surface area (Å²) in [6, 6.07) is -0.917. The van der Waals surface area contributed by atoms with Crippen LogP contribution in [0.4, 0.5) is 0 Å². The third-order valence-corrected chi connectivity index (χ3v) is 3.19. The van der Waals surface area contributed by atoms with E-state index in [2.05, 4.69) is 13.8 Å². The monoisotopic (exact) mass is 301 g/mol. The van der Waals surface area contributed by atoms with Gasteiger partial charge in [0.2, 0.25) is 0 Å². The molecule has 0 rings (SSSR count). The highest BCUT2D eigenvalue weighted by molar-refractivity contribution is 5.82. The second-order valence-electron chi connectivity index (χ2n) is 5.32. The first kappa shape index (κ1) is 19.9. The summed E-state index contributed by atoms with van der Waals surface area (Å²) in [7, 11) is 0. The molecule has 5 nitrogen and oxygen atoms in total. The van der Waals surface area contributed by atoms with Crippen LogP contribution in [0.15, 0.2) is 0 Å². The third-order valence-electron chi connectivity index (χ3n) is 3.19. The standard InChI is InChI=1S/C16H31NO4/c1-3-5-7-9-11-20-15(18)13-14(17)16(19)21-12-10-8-6-4-2/h14H,3-13,17H2,1-2H3/t14-/m1/s1. The van der Waals surface area contributed by atoms with Gasteiger partial charge in [-0.1, -0.05) is 52.4 Å². The zero-order valence-corrected chi connectivity index (χ0v) is 13.6. The highest BCUT2D eigenvalue weighted by Crippen LogP contribution is 2.03. The van der Waals surface area contributed by atoms with Crippen molar-refractivity contribution in [2.75, 3.05) is 13.2 Å². The summed E-state index contributed by atoms with van der Waals surface area (Å²) in [4.78, 5) is 23.1. The van der Waals surface area contributed by atoms with Gasteiger partial charge >= 0.3 is 11.9 Å². The Morgan fingerprint density at radius 2 is 1.38 bits per heavy atom. The number of carbonyl (C=O) groups excluding carboxylic acids is 2. The highest BCUT2D eigenvalue weighted by atomic mass is 16.5. The van der Waals surface area contributed by atoms with Gasteiger partial charge < -0.3 is 15.2 Å². The highest BCUT2D eigenvalue weighted by Gasteiger charge is 2.19. The molecule has 0 heterocycles. The molecular weight excluding hydrogens is 270 g/mol. The normalized spacial score (nSPS) is 12.0. The van der Waals surface area contributed by atoms with Crippen molar-refractivity contribution in [1.82, 2.24) is 0 Å². The number of hydrogen-bond acceptors (Lipinski definition) is 5. The Labute approximate surface area is 128 Å². The van der Waals surface area contributed by atoms with E-state index < -0.39 is 18.0 Å². The van der Waals surface area contributed by atoms with E-state index in [0.29, 0.717) is 13.2 Å². The van der Waals surface area contributed by atoms with Crippen LogP contribution in [0.25, 0.3) is 0 Å². The summed E-state index contributed by atoms with van der Waals surface area (Å²) in [6.07, 6.45) is 8.23. The number of nitrogens with two attached hydrogens (primary N) is 1. The van der Waals surface area contributed by atoms with E-state index in [4.69, 9.17) is 15.2 Å². The molecule has 0 amide bonds. The molecular formula is C16H31NO4. The molecule has 1 atom stereocenters. The number of carbonyl (C=O) groups is 2. The van der Waals surface area contributed by atoms with Gasteiger partial charge in [0.15, 0.2) is 0 Å². The molecule has 0 radical (unpaired) electrons. The first-order valence-corrected chi connectivity index (χ1v) is 8.19. The maximum Gasteiger partial charge on any atom is 0.323 e. The van der Waals surface area contributed by atoms with E-state index in [0.717, 1.165) is 51.4 Å². The largest absolute Gasteiger partial charge is 0.466 e. The van der Waals surface area contributed by atoms with Crippen molar-refractivity contribution in [2.45, 2.75) is 77.7 Å². The van der Waals surface area contributed by atoms with Gasteiger partial charge in [-0.25, -0.2) is 0 Å². The van der Waals surface area contributed by atoms with Gasteiger partial charge in [-0.2, -0.15) is 0 Å². The van der Waals surface area contributed by atoms with E-state index in [1.165, 1.54) is 0 Å². The fraction of sp³-hybridized carbons (Fsp3) is 0.875. The summed E-state index contributed by atoms with van der Waals surface area (Å²) >= 11 is 0. The average molecular weight is 301 g/mol. The second kappa shape index (κ2) is 13.9. The summed E-state index contributed by atoms with van der Waals surface area (Å²) < 4.78 is 10.1. The number of rotatable bonds is 13. The number of esters is 2. The lowest BCUT2D eigenvalue weighted by Crippen LogP contribution is -2.35. The summed E-state index contributed by atoms with van der Waals surface area (Å²) in [5.74, 6) is -0.948. The summed E-state index contributed by atoms with van der Waals surface area (Å²) in [6.45, 7) is 5.02. The molecule has 0 aromatic rings. The molecule has 0 aromatic carbocycles. The Hall–Kier alpha value is -1.10. The first-order valence-electron chi connectivity index (χ1n) is 8.19. The second-order valence-corrected chi connectivity index (χ2v) is 5.32. The fourth-order valence-corrected chi connectivity index (χ4v) is 1.85. The first-order chi connectivity index (χ1) is 10.1. The van der Waals surface area contributed by atoms with Crippen molar-refractivity contribution < 1.29 is 19.1 Å². The minimum atomic E-state index is -0.917. The average Bonchev–Trinajstić information content (AvgIpc) is 2.46. The van der Waals surface area contributed by atoms with E-state index in [1.807, 2.05) is 0 Å². The van der Waals surface area contributed by atoms with E-state index in [-0.39, 0.29) is 6.42 Å². The lowest BCUT2D eigenvalue weighted by atomic mass is 10.2. The molecule has 0 saturated carbocycles. The molecule has 0 saturated heterocycles. The Bertz CT molecular complexity index is 281. The minimum Gasteiger partial charge on any atom is -0.466 e. The van der Waals surface area contributed by atoms with Crippen LogP contribution in [0.1, 0.15) is 71.6 Å². The molecule has 0 unspecified atom stereocenters. The van der Waals surface area contributed by atoms with Gasteiger partial charge in [0.25, 0.3) is 0 Å². The zero-order chi connectivity index (χ0) is 15.9. The van der Waals surface area contributed by atoms with Crippen molar-refractivity contribution >= 4 is 11.9 Å². The topological polar surface area (TPSA) is 78.6 Å². The number of unbranched alkanes of at least 4 members (excludes halogenated alkanes) is 6. The summed E-state index contributed by atoms with van der Waals surface area (Å²) in [5, 5.41) is 0. The van der Waals surface area contributed by atoms with Crippen LogP contribution in [-0.4, -0.2) is 31.2 Å². The van der Waals surface area contributed by atoms with Crippen LogP contribution in [-0.2, 0) is 19.1 Å². The van der Waals surface area contributed by atoms with Gasteiger partial charge in [-0.3, -0.25) is 9.59 Å². The van der Waals surface area contributed by atoms with Crippen molar-refractivity contribution in [3.8, 4) is 0 Å².